The molecule has 1 aliphatic carbocycles. The van der Waals surface area contributed by atoms with E-state index in [0.29, 0.717) is 18.3 Å². The van der Waals surface area contributed by atoms with Crippen molar-refractivity contribution < 1.29 is 14.3 Å². The number of methoxy groups -OCH3 is 1. The highest BCUT2D eigenvalue weighted by Crippen LogP contribution is 2.26. The van der Waals surface area contributed by atoms with Gasteiger partial charge in [0.15, 0.2) is 5.13 Å². The molecule has 2 N–H and O–H groups in total. The first-order valence-electron chi connectivity index (χ1n) is 7.39. The summed E-state index contributed by atoms with van der Waals surface area (Å²) in [5.41, 5.74) is 0.460. The van der Waals surface area contributed by atoms with E-state index >= 15 is 0 Å². The number of amides is 1. The molecule has 0 bridgehead atoms. The van der Waals surface area contributed by atoms with Crippen molar-refractivity contribution >= 4 is 22.4 Å². The lowest BCUT2D eigenvalue weighted by atomic mass is 10.1. The SMILES string of the molecule is COCC(NC(=O)c1csc(NC2CC2)n1)C1CCCO1. The Morgan fingerprint density at radius 1 is 1.57 bits per heavy atom. The maximum absolute atomic E-state index is 12.3. The van der Waals surface area contributed by atoms with E-state index < -0.39 is 0 Å². The zero-order valence-electron chi connectivity index (χ0n) is 12.1. The first-order chi connectivity index (χ1) is 10.3. The van der Waals surface area contributed by atoms with Gasteiger partial charge in [0.2, 0.25) is 0 Å². The molecule has 3 rings (SSSR count). The molecule has 0 spiro atoms. The van der Waals surface area contributed by atoms with Gasteiger partial charge in [-0.3, -0.25) is 4.79 Å². The lowest BCUT2D eigenvalue weighted by Gasteiger charge is -2.23. The molecule has 2 heterocycles. The molecule has 1 amide bonds. The lowest BCUT2D eigenvalue weighted by molar-refractivity contribution is 0.0402. The van der Waals surface area contributed by atoms with Gasteiger partial charge in [-0.15, -0.1) is 11.3 Å². The second-order valence-corrected chi connectivity index (χ2v) is 6.40. The van der Waals surface area contributed by atoms with Crippen molar-refractivity contribution in [2.75, 3.05) is 25.6 Å². The maximum Gasteiger partial charge on any atom is 0.271 e. The lowest BCUT2D eigenvalue weighted by Crippen LogP contribution is -2.46. The Bertz CT molecular complexity index is 484. The van der Waals surface area contributed by atoms with Crippen LogP contribution in [0.5, 0.6) is 0 Å². The summed E-state index contributed by atoms with van der Waals surface area (Å²) in [6.45, 7) is 1.21. The smallest absolute Gasteiger partial charge is 0.271 e. The Kier molecular flexibility index (Phi) is 4.72. The molecule has 0 aromatic carbocycles. The van der Waals surface area contributed by atoms with Gasteiger partial charge in [0.1, 0.15) is 5.69 Å². The highest BCUT2D eigenvalue weighted by molar-refractivity contribution is 7.13. The number of rotatable bonds is 7. The van der Waals surface area contributed by atoms with Gasteiger partial charge in [0.05, 0.1) is 18.8 Å². The number of ether oxygens (including phenoxy) is 2. The van der Waals surface area contributed by atoms with E-state index in [1.165, 1.54) is 24.2 Å². The summed E-state index contributed by atoms with van der Waals surface area (Å²) in [7, 11) is 1.63. The minimum Gasteiger partial charge on any atom is -0.382 e. The molecule has 1 saturated carbocycles. The topological polar surface area (TPSA) is 72.5 Å². The van der Waals surface area contributed by atoms with E-state index in [9.17, 15) is 4.79 Å². The number of aromatic nitrogens is 1. The highest BCUT2D eigenvalue weighted by Gasteiger charge is 2.28. The third-order valence-electron chi connectivity index (χ3n) is 3.72. The van der Waals surface area contributed by atoms with Gasteiger partial charge < -0.3 is 20.1 Å². The maximum atomic E-state index is 12.3. The predicted octanol–water partition coefficient (Wildman–Crippen LogP) is 1.64. The minimum atomic E-state index is -0.160. The predicted molar refractivity (Wildman–Crippen MR) is 80.9 cm³/mol. The standard InChI is InChI=1S/C14H21N3O3S/c1-19-7-10(12-3-2-6-20-12)16-13(18)11-8-21-14(17-11)15-9-4-5-9/h8-10,12H,2-7H2,1H3,(H,15,17)(H,16,18). The van der Waals surface area contributed by atoms with E-state index in [-0.39, 0.29) is 18.1 Å². The van der Waals surface area contributed by atoms with Gasteiger partial charge in [0.25, 0.3) is 5.91 Å². The average molecular weight is 311 g/mol. The van der Waals surface area contributed by atoms with Crippen molar-refractivity contribution in [2.24, 2.45) is 0 Å². The Hall–Kier alpha value is -1.18. The van der Waals surface area contributed by atoms with E-state index in [2.05, 4.69) is 15.6 Å². The summed E-state index contributed by atoms with van der Waals surface area (Å²) in [5, 5.41) is 8.90. The molecule has 1 aromatic heterocycles. The first kappa shape index (κ1) is 14.7. The fraction of sp³-hybridized carbons (Fsp3) is 0.714. The van der Waals surface area contributed by atoms with Crippen molar-refractivity contribution in [1.29, 1.82) is 0 Å². The molecule has 2 fully saturated rings. The average Bonchev–Trinajstić information content (AvgIpc) is 2.95. The third kappa shape index (κ3) is 3.93. The van der Waals surface area contributed by atoms with Gasteiger partial charge in [-0.05, 0) is 25.7 Å². The monoisotopic (exact) mass is 311 g/mol. The van der Waals surface area contributed by atoms with Gasteiger partial charge in [0, 0.05) is 25.1 Å². The van der Waals surface area contributed by atoms with E-state index in [1.54, 1.807) is 12.5 Å². The van der Waals surface area contributed by atoms with Crippen LogP contribution in [-0.2, 0) is 9.47 Å². The zero-order valence-corrected chi connectivity index (χ0v) is 12.9. The molecule has 2 unspecified atom stereocenters. The Labute approximate surface area is 128 Å². The number of hydrogen-bond donors (Lipinski definition) is 2. The molecule has 1 aliphatic heterocycles. The van der Waals surface area contributed by atoms with Crippen molar-refractivity contribution in [3.8, 4) is 0 Å². The third-order valence-corrected chi connectivity index (χ3v) is 4.49. The van der Waals surface area contributed by atoms with E-state index in [4.69, 9.17) is 9.47 Å². The van der Waals surface area contributed by atoms with Crippen LogP contribution in [0, 0.1) is 0 Å². The summed E-state index contributed by atoms with van der Waals surface area (Å²) in [6, 6.07) is 0.423. The summed E-state index contributed by atoms with van der Waals surface area (Å²) >= 11 is 1.47. The van der Waals surface area contributed by atoms with Crippen molar-refractivity contribution in [3.63, 3.8) is 0 Å². The summed E-state index contributed by atoms with van der Waals surface area (Å²) in [5.74, 6) is -0.160. The number of hydrogen-bond acceptors (Lipinski definition) is 6. The van der Waals surface area contributed by atoms with Gasteiger partial charge in [-0.2, -0.15) is 0 Å². The quantitative estimate of drug-likeness (QED) is 0.801. The van der Waals surface area contributed by atoms with Crippen LogP contribution in [0.15, 0.2) is 5.38 Å². The van der Waals surface area contributed by atoms with Gasteiger partial charge in [-0.25, -0.2) is 4.98 Å². The molecule has 2 aliphatic rings. The number of carbonyl (C=O) groups excluding carboxylic acids is 1. The highest BCUT2D eigenvalue weighted by atomic mass is 32.1. The van der Waals surface area contributed by atoms with Crippen molar-refractivity contribution in [2.45, 2.75) is 43.9 Å². The Morgan fingerprint density at radius 3 is 3.10 bits per heavy atom. The van der Waals surface area contributed by atoms with Crippen LogP contribution in [0.2, 0.25) is 0 Å². The van der Waals surface area contributed by atoms with E-state index in [1.807, 2.05) is 0 Å². The molecule has 116 valence electrons. The minimum absolute atomic E-state index is 0.0385. The molecular weight excluding hydrogens is 290 g/mol. The Morgan fingerprint density at radius 2 is 2.43 bits per heavy atom. The van der Waals surface area contributed by atoms with Crippen LogP contribution in [0.1, 0.15) is 36.2 Å². The van der Waals surface area contributed by atoms with Crippen LogP contribution in [0.4, 0.5) is 5.13 Å². The second-order valence-electron chi connectivity index (χ2n) is 5.54. The molecule has 6 nitrogen and oxygen atoms in total. The molecule has 1 aromatic rings. The number of nitrogens with one attached hydrogen (secondary N) is 2. The molecule has 2 atom stereocenters. The van der Waals surface area contributed by atoms with Crippen LogP contribution in [0.25, 0.3) is 0 Å². The zero-order chi connectivity index (χ0) is 14.7. The summed E-state index contributed by atoms with van der Waals surface area (Å²) in [4.78, 5) is 16.6. The Balaban J connectivity index is 1.58. The fourth-order valence-electron chi connectivity index (χ4n) is 2.43. The molecule has 7 heteroatoms. The summed E-state index contributed by atoms with van der Waals surface area (Å²) in [6.07, 6.45) is 4.41. The van der Waals surface area contributed by atoms with Gasteiger partial charge >= 0.3 is 0 Å². The van der Waals surface area contributed by atoms with Gasteiger partial charge in [-0.1, -0.05) is 0 Å². The second kappa shape index (κ2) is 6.72. The number of carbonyl (C=O) groups is 1. The first-order valence-corrected chi connectivity index (χ1v) is 8.27. The van der Waals surface area contributed by atoms with Crippen LogP contribution in [0.3, 0.4) is 0 Å². The van der Waals surface area contributed by atoms with Crippen LogP contribution < -0.4 is 10.6 Å². The van der Waals surface area contributed by atoms with E-state index in [0.717, 1.165) is 24.6 Å². The largest absolute Gasteiger partial charge is 0.382 e. The summed E-state index contributed by atoms with van der Waals surface area (Å²) < 4.78 is 10.8. The fourth-order valence-corrected chi connectivity index (χ4v) is 3.20. The van der Waals surface area contributed by atoms with Crippen LogP contribution >= 0.6 is 11.3 Å². The van der Waals surface area contributed by atoms with Crippen molar-refractivity contribution in [3.05, 3.63) is 11.1 Å². The molecular formula is C14H21N3O3S. The molecule has 1 saturated heterocycles. The van der Waals surface area contributed by atoms with Crippen molar-refractivity contribution in [1.82, 2.24) is 10.3 Å². The van der Waals surface area contributed by atoms with Crippen LogP contribution in [-0.4, -0.2) is 49.4 Å². The molecule has 21 heavy (non-hydrogen) atoms. The number of nitrogens with zero attached hydrogens (tertiary/aromatic N) is 1. The number of thiazole rings is 1. The normalized spacial score (nSPS) is 23.0. The number of anilines is 1. The molecule has 0 radical (unpaired) electrons.